The van der Waals surface area contributed by atoms with Crippen molar-refractivity contribution in [3.63, 3.8) is 0 Å². The minimum absolute atomic E-state index is 0.122. The van der Waals surface area contributed by atoms with Crippen molar-refractivity contribution in [3.05, 3.63) is 83.2 Å². The number of benzene rings is 2. The van der Waals surface area contributed by atoms with Crippen LogP contribution in [0.4, 0.5) is 0 Å². The molecule has 0 unspecified atom stereocenters. The fourth-order valence-corrected chi connectivity index (χ4v) is 3.28. The first-order chi connectivity index (χ1) is 11.1. The first kappa shape index (κ1) is 15.3. The second-order valence-corrected chi connectivity index (χ2v) is 5.91. The molecule has 1 aromatic heterocycles. The number of rotatable bonds is 4. The molecule has 0 atom stereocenters. The first-order valence-electron chi connectivity index (χ1n) is 7.89. The van der Waals surface area contributed by atoms with Gasteiger partial charge in [-0.1, -0.05) is 60.7 Å². The lowest BCUT2D eigenvalue weighted by molar-refractivity contribution is 0.101. The Morgan fingerprint density at radius 3 is 2.00 bits per heavy atom. The van der Waals surface area contributed by atoms with E-state index < -0.39 is 0 Å². The summed E-state index contributed by atoms with van der Waals surface area (Å²) in [4.78, 5) is 12.3. The SMILES string of the molecule is CC(=O)c1c(-c2ccccc2)c(C)n(Cc2ccccc2)c1C. The molecule has 23 heavy (non-hydrogen) atoms. The number of hydrogen-bond donors (Lipinski definition) is 0. The summed E-state index contributed by atoms with van der Waals surface area (Å²) in [6, 6.07) is 20.5. The Balaban J connectivity index is 2.17. The molecule has 0 amide bonds. The lowest BCUT2D eigenvalue weighted by Crippen LogP contribution is -2.05. The Bertz CT molecular complexity index is 829. The van der Waals surface area contributed by atoms with Crippen molar-refractivity contribution in [3.8, 4) is 11.1 Å². The lowest BCUT2D eigenvalue weighted by atomic mass is 9.98. The van der Waals surface area contributed by atoms with Gasteiger partial charge in [-0.05, 0) is 31.9 Å². The summed E-state index contributed by atoms with van der Waals surface area (Å²) < 4.78 is 2.24. The van der Waals surface area contributed by atoms with Crippen LogP contribution in [0, 0.1) is 13.8 Å². The molecule has 0 saturated heterocycles. The zero-order chi connectivity index (χ0) is 16.4. The van der Waals surface area contributed by atoms with Crippen molar-refractivity contribution in [2.45, 2.75) is 27.3 Å². The fraction of sp³-hybridized carbons (Fsp3) is 0.190. The molecule has 3 rings (SSSR count). The summed E-state index contributed by atoms with van der Waals surface area (Å²) in [5.41, 5.74) is 6.42. The summed E-state index contributed by atoms with van der Waals surface area (Å²) in [5.74, 6) is 0.122. The number of ketones is 1. The van der Waals surface area contributed by atoms with Gasteiger partial charge in [0.15, 0.2) is 5.78 Å². The summed E-state index contributed by atoms with van der Waals surface area (Å²) in [7, 11) is 0. The topological polar surface area (TPSA) is 22.0 Å². The Labute approximate surface area is 137 Å². The van der Waals surface area contributed by atoms with Gasteiger partial charge in [0.25, 0.3) is 0 Å². The number of nitrogens with zero attached hydrogens (tertiary/aromatic N) is 1. The average molecular weight is 303 g/mol. The zero-order valence-corrected chi connectivity index (χ0v) is 13.8. The molecular weight excluding hydrogens is 282 g/mol. The van der Waals surface area contributed by atoms with Gasteiger partial charge in [-0.3, -0.25) is 4.79 Å². The molecule has 0 aliphatic heterocycles. The van der Waals surface area contributed by atoms with Gasteiger partial charge < -0.3 is 4.57 Å². The van der Waals surface area contributed by atoms with Crippen LogP contribution in [0.5, 0.6) is 0 Å². The number of aromatic nitrogens is 1. The molecule has 0 saturated carbocycles. The van der Waals surface area contributed by atoms with E-state index in [2.05, 4.69) is 35.8 Å². The third-order valence-electron chi connectivity index (χ3n) is 4.38. The van der Waals surface area contributed by atoms with E-state index in [4.69, 9.17) is 0 Å². The van der Waals surface area contributed by atoms with Crippen LogP contribution in [0.15, 0.2) is 60.7 Å². The van der Waals surface area contributed by atoms with Crippen LogP contribution in [0.1, 0.15) is 34.2 Å². The molecular formula is C21H21NO. The minimum atomic E-state index is 0.122. The largest absolute Gasteiger partial charge is 0.343 e. The molecule has 116 valence electrons. The molecule has 0 aliphatic carbocycles. The predicted molar refractivity (Wildman–Crippen MR) is 94.9 cm³/mol. The van der Waals surface area contributed by atoms with E-state index >= 15 is 0 Å². The minimum Gasteiger partial charge on any atom is -0.343 e. The fourth-order valence-electron chi connectivity index (χ4n) is 3.28. The van der Waals surface area contributed by atoms with Crippen LogP contribution in [0.2, 0.25) is 0 Å². The van der Waals surface area contributed by atoms with Crippen molar-refractivity contribution in [1.82, 2.24) is 4.57 Å². The summed E-state index contributed by atoms with van der Waals surface area (Å²) in [6.07, 6.45) is 0. The smallest absolute Gasteiger partial charge is 0.162 e. The molecule has 2 nitrogen and oxygen atoms in total. The molecule has 3 aromatic rings. The second kappa shape index (κ2) is 6.25. The van der Waals surface area contributed by atoms with E-state index in [1.807, 2.05) is 43.3 Å². The molecule has 0 bridgehead atoms. The average Bonchev–Trinajstić information content (AvgIpc) is 2.81. The van der Waals surface area contributed by atoms with Gasteiger partial charge in [-0.2, -0.15) is 0 Å². The third-order valence-corrected chi connectivity index (χ3v) is 4.38. The highest BCUT2D eigenvalue weighted by molar-refractivity contribution is 6.03. The highest BCUT2D eigenvalue weighted by Crippen LogP contribution is 2.33. The molecule has 2 heteroatoms. The molecule has 0 fully saturated rings. The molecule has 0 aliphatic rings. The Morgan fingerprint density at radius 2 is 1.43 bits per heavy atom. The lowest BCUT2D eigenvalue weighted by Gasteiger charge is -2.10. The summed E-state index contributed by atoms with van der Waals surface area (Å²) >= 11 is 0. The number of hydrogen-bond acceptors (Lipinski definition) is 1. The Hall–Kier alpha value is -2.61. The van der Waals surface area contributed by atoms with Gasteiger partial charge in [0, 0.05) is 29.1 Å². The molecule has 0 N–H and O–H groups in total. The maximum atomic E-state index is 12.3. The first-order valence-corrected chi connectivity index (χ1v) is 7.89. The van der Waals surface area contributed by atoms with Gasteiger partial charge in [0.1, 0.15) is 0 Å². The third kappa shape index (κ3) is 2.85. The van der Waals surface area contributed by atoms with E-state index in [0.717, 1.165) is 34.6 Å². The second-order valence-electron chi connectivity index (χ2n) is 5.91. The van der Waals surface area contributed by atoms with Gasteiger partial charge >= 0.3 is 0 Å². The van der Waals surface area contributed by atoms with Gasteiger partial charge in [0.05, 0.1) is 0 Å². The molecule has 0 spiro atoms. The van der Waals surface area contributed by atoms with Crippen LogP contribution in [-0.4, -0.2) is 10.4 Å². The van der Waals surface area contributed by atoms with Gasteiger partial charge in [-0.15, -0.1) is 0 Å². The quantitative estimate of drug-likeness (QED) is 0.620. The maximum absolute atomic E-state index is 12.3. The van der Waals surface area contributed by atoms with E-state index in [0.29, 0.717) is 0 Å². The van der Waals surface area contributed by atoms with Crippen LogP contribution in [-0.2, 0) is 6.54 Å². The van der Waals surface area contributed by atoms with E-state index in [-0.39, 0.29) is 5.78 Å². The van der Waals surface area contributed by atoms with Crippen LogP contribution in [0.3, 0.4) is 0 Å². The predicted octanol–water partition coefficient (Wildman–Crippen LogP) is 5.02. The van der Waals surface area contributed by atoms with Crippen molar-refractivity contribution in [2.75, 3.05) is 0 Å². The highest BCUT2D eigenvalue weighted by Gasteiger charge is 2.21. The van der Waals surface area contributed by atoms with Crippen LogP contribution < -0.4 is 0 Å². The number of carbonyl (C=O) groups is 1. The molecule has 0 radical (unpaired) electrons. The van der Waals surface area contributed by atoms with E-state index in [1.54, 1.807) is 6.92 Å². The van der Waals surface area contributed by atoms with Gasteiger partial charge in [0.2, 0.25) is 0 Å². The van der Waals surface area contributed by atoms with E-state index in [1.165, 1.54) is 5.56 Å². The van der Waals surface area contributed by atoms with E-state index in [9.17, 15) is 4.79 Å². The maximum Gasteiger partial charge on any atom is 0.162 e. The van der Waals surface area contributed by atoms with Crippen LogP contribution >= 0.6 is 0 Å². The highest BCUT2D eigenvalue weighted by atomic mass is 16.1. The summed E-state index contributed by atoms with van der Waals surface area (Å²) in [5, 5.41) is 0. The number of carbonyl (C=O) groups excluding carboxylic acids is 1. The van der Waals surface area contributed by atoms with Crippen molar-refractivity contribution >= 4 is 5.78 Å². The monoisotopic (exact) mass is 303 g/mol. The van der Waals surface area contributed by atoms with Crippen molar-refractivity contribution < 1.29 is 4.79 Å². The molecule has 1 heterocycles. The zero-order valence-electron chi connectivity index (χ0n) is 13.8. The Kier molecular flexibility index (Phi) is 4.16. The summed E-state index contributed by atoms with van der Waals surface area (Å²) in [6.45, 7) is 6.58. The number of Topliss-reactive ketones (excluding diaryl/α,β-unsaturated/α-hetero) is 1. The van der Waals surface area contributed by atoms with Gasteiger partial charge in [-0.25, -0.2) is 0 Å². The van der Waals surface area contributed by atoms with Crippen molar-refractivity contribution in [1.29, 1.82) is 0 Å². The van der Waals surface area contributed by atoms with Crippen molar-refractivity contribution in [2.24, 2.45) is 0 Å². The standard InChI is InChI=1S/C21H21NO/c1-15-20(17(3)23)21(19-12-8-5-9-13-19)16(2)22(15)14-18-10-6-4-7-11-18/h4-13H,14H2,1-3H3. The Morgan fingerprint density at radius 1 is 0.870 bits per heavy atom. The van der Waals surface area contributed by atoms with Crippen LogP contribution in [0.25, 0.3) is 11.1 Å². The molecule has 2 aromatic carbocycles. The normalized spacial score (nSPS) is 10.7.